The van der Waals surface area contributed by atoms with Crippen LogP contribution >= 0.6 is 11.3 Å². The maximum absolute atomic E-state index is 13.2. The highest BCUT2D eigenvalue weighted by atomic mass is 32.1. The first kappa shape index (κ1) is 15.6. The molecule has 0 unspecified atom stereocenters. The van der Waals surface area contributed by atoms with E-state index in [2.05, 4.69) is 5.32 Å². The summed E-state index contributed by atoms with van der Waals surface area (Å²) in [6.45, 7) is 1.05. The van der Waals surface area contributed by atoms with Gasteiger partial charge in [0.2, 0.25) is 5.91 Å². The normalized spacial score (nSPS) is 14.4. The van der Waals surface area contributed by atoms with Gasteiger partial charge in [0.1, 0.15) is 0 Å². The molecular formula is C16H14F2N2O2S. The van der Waals surface area contributed by atoms with Gasteiger partial charge in [0.15, 0.2) is 11.6 Å². The van der Waals surface area contributed by atoms with E-state index in [1.807, 2.05) is 17.5 Å². The van der Waals surface area contributed by atoms with Crippen LogP contribution in [0, 0.1) is 17.6 Å². The largest absolute Gasteiger partial charge is 0.351 e. The van der Waals surface area contributed by atoms with E-state index in [1.165, 1.54) is 11.0 Å². The zero-order valence-electron chi connectivity index (χ0n) is 12.1. The van der Waals surface area contributed by atoms with Crippen LogP contribution in [0.3, 0.4) is 0 Å². The van der Waals surface area contributed by atoms with E-state index < -0.39 is 17.5 Å². The molecule has 7 heteroatoms. The number of hydrogen-bond donors (Lipinski definition) is 1. The van der Waals surface area contributed by atoms with Gasteiger partial charge in [-0.25, -0.2) is 8.78 Å². The van der Waals surface area contributed by atoms with E-state index in [-0.39, 0.29) is 30.5 Å². The summed E-state index contributed by atoms with van der Waals surface area (Å²) < 4.78 is 26.0. The number of likely N-dealkylation sites (tertiary alicyclic amines) is 1. The number of thiophene rings is 1. The first-order valence-corrected chi connectivity index (χ1v) is 7.97. The number of rotatable bonds is 4. The Morgan fingerprint density at radius 3 is 2.65 bits per heavy atom. The quantitative estimate of drug-likeness (QED) is 0.932. The highest BCUT2D eigenvalue weighted by molar-refractivity contribution is 7.09. The molecule has 2 amide bonds. The lowest BCUT2D eigenvalue weighted by Gasteiger charge is -2.38. The lowest BCUT2D eigenvalue weighted by molar-refractivity contribution is -0.129. The average molecular weight is 336 g/mol. The Kier molecular flexibility index (Phi) is 4.38. The second-order valence-electron chi connectivity index (χ2n) is 5.33. The smallest absolute Gasteiger partial charge is 0.254 e. The van der Waals surface area contributed by atoms with Crippen molar-refractivity contribution in [2.45, 2.75) is 6.54 Å². The molecule has 0 aliphatic carbocycles. The van der Waals surface area contributed by atoms with E-state index in [4.69, 9.17) is 0 Å². The predicted octanol–water partition coefficient (Wildman–Crippen LogP) is 2.41. The summed E-state index contributed by atoms with van der Waals surface area (Å²) in [5.74, 6) is -2.80. The number of nitrogens with zero attached hydrogens (tertiary/aromatic N) is 1. The standard InChI is InChI=1S/C16H14F2N2O2S/c17-13-4-3-10(6-14(13)18)16(22)20-8-11(9-20)15(21)19-7-12-2-1-5-23-12/h1-6,11H,7-9H2,(H,19,21). The van der Waals surface area contributed by atoms with Crippen LogP contribution in [0.15, 0.2) is 35.7 Å². The molecule has 23 heavy (non-hydrogen) atoms. The molecule has 0 saturated carbocycles. The summed E-state index contributed by atoms with van der Waals surface area (Å²) >= 11 is 1.56. The molecule has 1 N–H and O–H groups in total. The maximum atomic E-state index is 13.2. The highest BCUT2D eigenvalue weighted by Crippen LogP contribution is 2.20. The Labute approximate surface area is 135 Å². The van der Waals surface area contributed by atoms with Gasteiger partial charge < -0.3 is 10.2 Å². The molecule has 0 radical (unpaired) electrons. The average Bonchev–Trinajstić information content (AvgIpc) is 2.99. The molecule has 0 atom stereocenters. The Hall–Kier alpha value is -2.28. The van der Waals surface area contributed by atoms with Crippen LogP contribution in [0.25, 0.3) is 0 Å². The van der Waals surface area contributed by atoms with Gasteiger partial charge in [-0.05, 0) is 29.6 Å². The molecule has 1 aromatic carbocycles. The first-order valence-electron chi connectivity index (χ1n) is 7.09. The van der Waals surface area contributed by atoms with E-state index in [9.17, 15) is 18.4 Å². The van der Waals surface area contributed by atoms with Crippen molar-refractivity contribution in [3.05, 3.63) is 57.8 Å². The third-order valence-corrected chi connectivity index (χ3v) is 4.60. The van der Waals surface area contributed by atoms with Crippen LogP contribution in [-0.4, -0.2) is 29.8 Å². The number of carbonyl (C=O) groups excluding carboxylic acids is 2. The SMILES string of the molecule is O=C(NCc1cccs1)C1CN(C(=O)c2ccc(F)c(F)c2)C1. The van der Waals surface area contributed by atoms with E-state index in [0.29, 0.717) is 6.54 Å². The van der Waals surface area contributed by atoms with Crippen molar-refractivity contribution in [3.63, 3.8) is 0 Å². The summed E-state index contributed by atoms with van der Waals surface area (Å²) in [6.07, 6.45) is 0. The third-order valence-electron chi connectivity index (χ3n) is 3.72. The van der Waals surface area contributed by atoms with Crippen molar-refractivity contribution in [1.82, 2.24) is 10.2 Å². The molecule has 1 aliphatic heterocycles. The summed E-state index contributed by atoms with van der Waals surface area (Å²) in [5.41, 5.74) is 0.0846. The Morgan fingerprint density at radius 1 is 1.22 bits per heavy atom. The van der Waals surface area contributed by atoms with Crippen molar-refractivity contribution in [2.24, 2.45) is 5.92 Å². The van der Waals surface area contributed by atoms with Gasteiger partial charge >= 0.3 is 0 Å². The van der Waals surface area contributed by atoms with Crippen LogP contribution in [0.5, 0.6) is 0 Å². The number of nitrogens with one attached hydrogen (secondary N) is 1. The van der Waals surface area contributed by atoms with Crippen LogP contribution in [0.2, 0.25) is 0 Å². The number of hydrogen-bond acceptors (Lipinski definition) is 3. The van der Waals surface area contributed by atoms with Crippen molar-refractivity contribution in [2.75, 3.05) is 13.1 Å². The van der Waals surface area contributed by atoms with Gasteiger partial charge in [0, 0.05) is 23.5 Å². The molecule has 1 aliphatic rings. The Balaban J connectivity index is 1.50. The van der Waals surface area contributed by atoms with Crippen LogP contribution in [0.4, 0.5) is 8.78 Å². The van der Waals surface area contributed by atoms with Crippen molar-refractivity contribution < 1.29 is 18.4 Å². The minimum absolute atomic E-state index is 0.0846. The van der Waals surface area contributed by atoms with Crippen LogP contribution < -0.4 is 5.32 Å². The molecule has 0 bridgehead atoms. The molecule has 120 valence electrons. The number of benzene rings is 1. The lowest BCUT2D eigenvalue weighted by atomic mass is 9.97. The van der Waals surface area contributed by atoms with Crippen LogP contribution in [0.1, 0.15) is 15.2 Å². The van der Waals surface area contributed by atoms with E-state index in [0.717, 1.165) is 17.0 Å². The minimum Gasteiger partial charge on any atom is -0.351 e. The molecule has 0 spiro atoms. The van der Waals surface area contributed by atoms with E-state index >= 15 is 0 Å². The van der Waals surface area contributed by atoms with Crippen molar-refractivity contribution in [1.29, 1.82) is 0 Å². The number of amides is 2. The summed E-state index contributed by atoms with van der Waals surface area (Å²) in [5, 5.41) is 4.76. The molecular weight excluding hydrogens is 322 g/mol. The zero-order chi connectivity index (χ0) is 16.4. The fourth-order valence-electron chi connectivity index (χ4n) is 2.35. The van der Waals surface area contributed by atoms with Crippen LogP contribution in [-0.2, 0) is 11.3 Å². The number of halogens is 2. The summed E-state index contributed by atoms with van der Waals surface area (Å²) in [7, 11) is 0. The Bertz CT molecular complexity index is 728. The molecule has 1 saturated heterocycles. The summed E-state index contributed by atoms with van der Waals surface area (Å²) in [6, 6.07) is 6.89. The monoisotopic (exact) mass is 336 g/mol. The fraction of sp³-hybridized carbons (Fsp3) is 0.250. The molecule has 4 nitrogen and oxygen atoms in total. The molecule has 1 aromatic heterocycles. The topological polar surface area (TPSA) is 49.4 Å². The first-order chi connectivity index (χ1) is 11.0. The van der Waals surface area contributed by atoms with Gasteiger partial charge in [0.05, 0.1) is 12.5 Å². The minimum atomic E-state index is -1.05. The zero-order valence-corrected chi connectivity index (χ0v) is 12.9. The van der Waals surface area contributed by atoms with Gasteiger partial charge in [-0.2, -0.15) is 0 Å². The predicted molar refractivity (Wildman–Crippen MR) is 81.9 cm³/mol. The van der Waals surface area contributed by atoms with Crippen molar-refractivity contribution >= 4 is 23.2 Å². The van der Waals surface area contributed by atoms with Gasteiger partial charge in [-0.15, -0.1) is 11.3 Å². The van der Waals surface area contributed by atoms with E-state index in [1.54, 1.807) is 11.3 Å². The maximum Gasteiger partial charge on any atom is 0.254 e. The second-order valence-corrected chi connectivity index (χ2v) is 6.37. The fourth-order valence-corrected chi connectivity index (χ4v) is 3.00. The molecule has 1 fully saturated rings. The third kappa shape index (κ3) is 3.39. The van der Waals surface area contributed by atoms with Gasteiger partial charge in [0.25, 0.3) is 5.91 Å². The van der Waals surface area contributed by atoms with Gasteiger partial charge in [-0.1, -0.05) is 6.07 Å². The lowest BCUT2D eigenvalue weighted by Crippen LogP contribution is -2.55. The Morgan fingerprint density at radius 2 is 2.00 bits per heavy atom. The molecule has 3 rings (SSSR count). The molecule has 2 aromatic rings. The highest BCUT2D eigenvalue weighted by Gasteiger charge is 2.36. The summed E-state index contributed by atoms with van der Waals surface area (Å²) in [4.78, 5) is 26.6. The second kappa shape index (κ2) is 6.45. The molecule has 2 heterocycles. The van der Waals surface area contributed by atoms with Crippen molar-refractivity contribution in [3.8, 4) is 0 Å². The number of carbonyl (C=O) groups is 2. The van der Waals surface area contributed by atoms with Gasteiger partial charge in [-0.3, -0.25) is 9.59 Å².